The lowest BCUT2D eigenvalue weighted by atomic mass is 10.1. The van der Waals surface area contributed by atoms with Crippen molar-refractivity contribution in [2.45, 2.75) is 38.6 Å². The summed E-state index contributed by atoms with van der Waals surface area (Å²) in [5.41, 5.74) is 0. The lowest BCUT2D eigenvalue weighted by Gasteiger charge is -2.18. The molecule has 13 heavy (non-hydrogen) atoms. The van der Waals surface area contributed by atoms with Crippen molar-refractivity contribution < 1.29 is 4.18 Å². The Morgan fingerprint density at radius 2 is 2.38 bits per heavy atom. The summed E-state index contributed by atoms with van der Waals surface area (Å²) in [7, 11) is 2.24. The van der Waals surface area contributed by atoms with E-state index in [9.17, 15) is 0 Å². The highest BCUT2D eigenvalue weighted by atomic mass is 32.2. The Morgan fingerprint density at radius 3 is 3.00 bits per heavy atom. The Hall–Kier alpha value is 0.270. The van der Waals surface area contributed by atoms with E-state index in [-0.39, 0.29) is 0 Å². The predicted molar refractivity (Wildman–Crippen MR) is 59.0 cm³/mol. The molecule has 0 aromatic heterocycles. The molecule has 1 unspecified atom stereocenters. The molecule has 0 aromatic rings. The molecule has 2 nitrogen and oxygen atoms in total. The molecule has 0 radical (unpaired) electrons. The smallest absolute Gasteiger partial charge is 0.0614 e. The Kier molecular flexibility index (Phi) is 5.83. The van der Waals surface area contributed by atoms with Crippen LogP contribution in [0.15, 0.2) is 0 Å². The van der Waals surface area contributed by atoms with Gasteiger partial charge >= 0.3 is 0 Å². The van der Waals surface area contributed by atoms with Gasteiger partial charge in [0.2, 0.25) is 0 Å². The third-order valence-corrected chi connectivity index (χ3v) is 3.21. The van der Waals surface area contributed by atoms with Gasteiger partial charge in [-0.25, -0.2) is 0 Å². The van der Waals surface area contributed by atoms with Crippen molar-refractivity contribution >= 4 is 12.0 Å². The Labute approximate surface area is 86.2 Å². The Balaban J connectivity index is 1.93. The maximum atomic E-state index is 5.38. The molecule has 0 amide bonds. The van der Waals surface area contributed by atoms with Gasteiger partial charge in [0.1, 0.15) is 0 Å². The van der Waals surface area contributed by atoms with E-state index in [1.165, 1.54) is 32.2 Å². The zero-order valence-electron chi connectivity index (χ0n) is 8.79. The van der Waals surface area contributed by atoms with Crippen molar-refractivity contribution in [3.05, 3.63) is 0 Å². The number of rotatable bonds is 6. The molecule has 0 N–H and O–H groups in total. The monoisotopic (exact) mass is 203 g/mol. The van der Waals surface area contributed by atoms with E-state index in [0.717, 1.165) is 18.4 Å². The lowest BCUT2D eigenvalue weighted by molar-refractivity contribution is 0.269. The van der Waals surface area contributed by atoms with Crippen LogP contribution in [0, 0.1) is 0 Å². The van der Waals surface area contributed by atoms with Gasteiger partial charge in [-0.3, -0.25) is 0 Å². The highest BCUT2D eigenvalue weighted by Crippen LogP contribution is 2.19. The summed E-state index contributed by atoms with van der Waals surface area (Å²) in [5, 5.41) is 0. The second-order valence-corrected chi connectivity index (χ2v) is 4.70. The maximum absolute atomic E-state index is 5.38. The molecule has 1 rings (SSSR count). The molecule has 0 aliphatic carbocycles. The molecule has 1 saturated heterocycles. The minimum absolute atomic E-state index is 0.829. The molecule has 1 aliphatic heterocycles. The molecule has 0 bridgehead atoms. The van der Waals surface area contributed by atoms with Crippen LogP contribution in [0.2, 0.25) is 0 Å². The second-order valence-electron chi connectivity index (χ2n) is 3.65. The zero-order chi connectivity index (χ0) is 9.52. The number of hydrogen-bond donors (Lipinski definition) is 0. The normalized spacial score (nSPS) is 24.0. The molecule has 78 valence electrons. The minimum atomic E-state index is 0.829. The number of likely N-dealkylation sites (tertiary alicyclic amines) is 1. The van der Waals surface area contributed by atoms with Crippen LogP contribution in [0.4, 0.5) is 0 Å². The highest BCUT2D eigenvalue weighted by Gasteiger charge is 2.19. The number of hydrogen-bond acceptors (Lipinski definition) is 3. The molecule has 0 spiro atoms. The van der Waals surface area contributed by atoms with E-state index < -0.39 is 0 Å². The number of nitrogens with zero attached hydrogens (tertiary/aromatic N) is 1. The van der Waals surface area contributed by atoms with Crippen molar-refractivity contribution in [3.8, 4) is 0 Å². The first kappa shape index (κ1) is 11.3. The molecular formula is C10H21NOS. The van der Waals surface area contributed by atoms with Crippen molar-refractivity contribution in [1.29, 1.82) is 0 Å². The highest BCUT2D eigenvalue weighted by molar-refractivity contribution is 7.94. The molecule has 1 aliphatic rings. The molecule has 1 fully saturated rings. The van der Waals surface area contributed by atoms with Crippen LogP contribution in [0.25, 0.3) is 0 Å². The lowest BCUT2D eigenvalue weighted by Crippen LogP contribution is -2.24. The summed E-state index contributed by atoms with van der Waals surface area (Å²) < 4.78 is 5.38. The van der Waals surface area contributed by atoms with Gasteiger partial charge in [0.25, 0.3) is 0 Å². The third kappa shape index (κ3) is 4.34. The molecule has 1 atom stereocenters. The van der Waals surface area contributed by atoms with Crippen LogP contribution in [0.1, 0.15) is 32.6 Å². The van der Waals surface area contributed by atoms with Crippen LogP contribution in [-0.4, -0.2) is 36.9 Å². The summed E-state index contributed by atoms with van der Waals surface area (Å²) in [4.78, 5) is 2.48. The summed E-state index contributed by atoms with van der Waals surface area (Å²) in [6.07, 6.45) is 5.28. The maximum Gasteiger partial charge on any atom is 0.0614 e. The molecule has 0 aromatic carbocycles. The van der Waals surface area contributed by atoms with Crippen LogP contribution < -0.4 is 0 Å². The van der Waals surface area contributed by atoms with Crippen LogP contribution in [0.3, 0.4) is 0 Å². The SMILES string of the molecule is CCSOCCCC1CCCN1C. The second kappa shape index (κ2) is 6.68. The topological polar surface area (TPSA) is 12.5 Å². The molecule has 0 saturated carbocycles. The van der Waals surface area contributed by atoms with E-state index in [1.807, 2.05) is 0 Å². The van der Waals surface area contributed by atoms with Gasteiger partial charge in [-0.1, -0.05) is 6.92 Å². The van der Waals surface area contributed by atoms with E-state index in [2.05, 4.69) is 18.9 Å². The van der Waals surface area contributed by atoms with Gasteiger partial charge in [-0.2, -0.15) is 0 Å². The summed E-state index contributed by atoms with van der Waals surface area (Å²) in [6, 6.07) is 0.829. The molecule has 3 heteroatoms. The van der Waals surface area contributed by atoms with E-state index >= 15 is 0 Å². The van der Waals surface area contributed by atoms with Crippen molar-refractivity contribution in [3.63, 3.8) is 0 Å². The molecule has 1 heterocycles. The Bertz CT molecular complexity index is 132. The fraction of sp³-hybridized carbons (Fsp3) is 1.00. The largest absolute Gasteiger partial charge is 0.315 e. The van der Waals surface area contributed by atoms with Gasteiger partial charge in [-0.15, -0.1) is 0 Å². The Morgan fingerprint density at radius 1 is 1.54 bits per heavy atom. The third-order valence-electron chi connectivity index (χ3n) is 2.64. The quantitative estimate of drug-likeness (QED) is 0.486. The van der Waals surface area contributed by atoms with Crippen LogP contribution >= 0.6 is 12.0 Å². The van der Waals surface area contributed by atoms with Crippen molar-refractivity contribution in [2.24, 2.45) is 0 Å². The predicted octanol–water partition coefficient (Wildman–Crippen LogP) is 2.55. The van der Waals surface area contributed by atoms with E-state index in [1.54, 1.807) is 12.0 Å². The van der Waals surface area contributed by atoms with Gasteiger partial charge in [0, 0.05) is 11.8 Å². The van der Waals surface area contributed by atoms with Gasteiger partial charge in [0.15, 0.2) is 0 Å². The van der Waals surface area contributed by atoms with E-state index in [0.29, 0.717) is 0 Å². The zero-order valence-corrected chi connectivity index (χ0v) is 9.61. The average molecular weight is 203 g/mol. The van der Waals surface area contributed by atoms with Gasteiger partial charge in [-0.05, 0) is 51.3 Å². The first-order chi connectivity index (χ1) is 6.34. The van der Waals surface area contributed by atoms with Gasteiger partial charge < -0.3 is 9.08 Å². The first-order valence-electron chi connectivity index (χ1n) is 5.29. The minimum Gasteiger partial charge on any atom is -0.315 e. The van der Waals surface area contributed by atoms with Crippen molar-refractivity contribution in [1.82, 2.24) is 4.90 Å². The first-order valence-corrected chi connectivity index (χ1v) is 6.20. The fourth-order valence-electron chi connectivity index (χ4n) is 1.86. The van der Waals surface area contributed by atoms with Crippen molar-refractivity contribution in [2.75, 3.05) is 26.0 Å². The van der Waals surface area contributed by atoms with Crippen LogP contribution in [0.5, 0.6) is 0 Å². The summed E-state index contributed by atoms with van der Waals surface area (Å²) in [5.74, 6) is 1.06. The van der Waals surface area contributed by atoms with E-state index in [4.69, 9.17) is 4.18 Å². The fourth-order valence-corrected chi connectivity index (χ4v) is 2.27. The summed E-state index contributed by atoms with van der Waals surface area (Å²) >= 11 is 1.58. The van der Waals surface area contributed by atoms with Crippen LogP contribution in [-0.2, 0) is 4.18 Å². The standard InChI is InChI=1S/C10H21NOS/c1-3-13-12-9-5-7-10-6-4-8-11(10)2/h10H,3-9H2,1-2H3. The van der Waals surface area contributed by atoms with Gasteiger partial charge in [0.05, 0.1) is 6.61 Å². The summed E-state index contributed by atoms with van der Waals surface area (Å²) in [6.45, 7) is 4.33. The average Bonchev–Trinajstić information content (AvgIpc) is 2.52. The molecular weight excluding hydrogens is 182 g/mol.